The van der Waals surface area contributed by atoms with Crippen LogP contribution in [0.3, 0.4) is 0 Å². The smallest absolute Gasteiger partial charge is 0.233 e. The molecule has 1 N–H and O–H groups in total. The lowest BCUT2D eigenvalue weighted by molar-refractivity contribution is -0.164. The number of piperazine rings is 1. The van der Waals surface area contributed by atoms with Gasteiger partial charge in [-0.25, -0.2) is 9.45 Å². The highest BCUT2D eigenvalue weighted by Crippen LogP contribution is 2.24. The Labute approximate surface area is 157 Å². The highest BCUT2D eigenvalue weighted by molar-refractivity contribution is 5.77. The molecule has 27 heavy (non-hydrogen) atoms. The van der Waals surface area contributed by atoms with E-state index in [2.05, 4.69) is 4.90 Å². The van der Waals surface area contributed by atoms with E-state index in [1.54, 1.807) is 41.3 Å². The lowest BCUT2D eigenvalue weighted by atomic mass is 10.0. The van der Waals surface area contributed by atoms with Crippen LogP contribution in [0.25, 0.3) is 0 Å². The normalized spacial score (nSPS) is 15.3. The fourth-order valence-corrected chi connectivity index (χ4v) is 3.27. The number of amides is 2. The summed E-state index contributed by atoms with van der Waals surface area (Å²) in [6, 6.07) is 14.6. The third-order valence-corrected chi connectivity index (χ3v) is 4.80. The van der Waals surface area contributed by atoms with E-state index < -0.39 is 6.04 Å². The summed E-state index contributed by atoms with van der Waals surface area (Å²) in [5, 5.41) is 10.4. The van der Waals surface area contributed by atoms with Crippen molar-refractivity contribution in [3.05, 3.63) is 66.0 Å². The van der Waals surface area contributed by atoms with Gasteiger partial charge in [-0.05, 0) is 29.8 Å². The molecule has 1 aliphatic rings. The minimum Gasteiger partial charge on any atom is -0.368 e. The van der Waals surface area contributed by atoms with Gasteiger partial charge in [0.2, 0.25) is 12.3 Å². The summed E-state index contributed by atoms with van der Waals surface area (Å²) in [5.74, 6) is -0.397. The third kappa shape index (κ3) is 4.62. The highest BCUT2D eigenvalue weighted by Gasteiger charge is 2.27. The Bertz CT molecular complexity index is 762. The minimum atomic E-state index is -0.716. The maximum atomic E-state index is 13.1. The molecule has 0 radical (unpaired) electrons. The Kier molecular flexibility index (Phi) is 6.03. The van der Waals surface area contributed by atoms with E-state index >= 15 is 0 Å². The number of carbonyl (C=O) groups excluding carboxylic acids is 2. The molecule has 0 bridgehead atoms. The molecule has 7 heteroatoms. The zero-order valence-electron chi connectivity index (χ0n) is 14.9. The van der Waals surface area contributed by atoms with Crippen LogP contribution in [0.15, 0.2) is 54.6 Å². The summed E-state index contributed by atoms with van der Waals surface area (Å²) < 4.78 is 13.1. The van der Waals surface area contributed by atoms with Crippen molar-refractivity contribution < 1.29 is 19.2 Å². The fraction of sp³-hybridized carbons (Fsp3) is 0.300. The van der Waals surface area contributed by atoms with Gasteiger partial charge in [-0.15, -0.1) is 0 Å². The first-order valence-corrected chi connectivity index (χ1v) is 8.84. The molecule has 0 aromatic heterocycles. The molecule has 0 aliphatic carbocycles. The van der Waals surface area contributed by atoms with Crippen molar-refractivity contribution >= 4 is 18.0 Å². The largest absolute Gasteiger partial charge is 0.368 e. The van der Waals surface area contributed by atoms with Crippen LogP contribution >= 0.6 is 0 Å². The van der Waals surface area contributed by atoms with Gasteiger partial charge in [0.15, 0.2) is 0 Å². The molecule has 1 fully saturated rings. The summed E-state index contributed by atoms with van der Waals surface area (Å²) in [7, 11) is 0. The molecule has 0 saturated carbocycles. The van der Waals surface area contributed by atoms with E-state index in [4.69, 9.17) is 0 Å². The Morgan fingerprint density at radius 3 is 2.30 bits per heavy atom. The number of nitrogens with zero attached hydrogens (tertiary/aromatic N) is 3. The molecule has 1 heterocycles. The summed E-state index contributed by atoms with van der Waals surface area (Å²) in [6.45, 7) is 2.35. The van der Waals surface area contributed by atoms with Crippen molar-refractivity contribution in [1.29, 1.82) is 0 Å². The van der Waals surface area contributed by atoms with E-state index in [1.807, 2.05) is 6.07 Å². The van der Waals surface area contributed by atoms with Crippen molar-refractivity contribution in [2.24, 2.45) is 0 Å². The van der Waals surface area contributed by atoms with Crippen LogP contribution in [-0.4, -0.2) is 53.7 Å². The predicted molar refractivity (Wildman–Crippen MR) is 98.7 cm³/mol. The van der Waals surface area contributed by atoms with Crippen molar-refractivity contribution in [2.45, 2.75) is 12.5 Å². The first-order chi connectivity index (χ1) is 13.1. The van der Waals surface area contributed by atoms with Gasteiger partial charge in [-0.1, -0.05) is 30.3 Å². The van der Waals surface area contributed by atoms with Crippen LogP contribution in [0.5, 0.6) is 0 Å². The molecule has 1 saturated heterocycles. The number of carbonyl (C=O) groups is 2. The van der Waals surface area contributed by atoms with Gasteiger partial charge in [-0.3, -0.25) is 14.8 Å². The minimum absolute atomic E-state index is 0.00972. The van der Waals surface area contributed by atoms with Crippen LogP contribution in [-0.2, 0) is 9.59 Å². The van der Waals surface area contributed by atoms with Crippen LogP contribution in [0, 0.1) is 5.82 Å². The lowest BCUT2D eigenvalue weighted by Crippen LogP contribution is -2.49. The maximum Gasteiger partial charge on any atom is 0.233 e. The third-order valence-electron chi connectivity index (χ3n) is 4.80. The fourth-order valence-electron chi connectivity index (χ4n) is 3.27. The lowest BCUT2D eigenvalue weighted by Gasteiger charge is -2.37. The van der Waals surface area contributed by atoms with E-state index in [9.17, 15) is 19.2 Å². The first kappa shape index (κ1) is 18.8. The molecule has 1 aliphatic heterocycles. The second-order valence-electron chi connectivity index (χ2n) is 6.46. The van der Waals surface area contributed by atoms with Gasteiger partial charge in [0.05, 0.1) is 12.5 Å². The molecular weight excluding hydrogens is 349 g/mol. The monoisotopic (exact) mass is 371 g/mol. The van der Waals surface area contributed by atoms with Crippen molar-refractivity contribution in [3.8, 4) is 0 Å². The maximum absolute atomic E-state index is 13.1. The van der Waals surface area contributed by atoms with Crippen molar-refractivity contribution in [1.82, 2.24) is 9.96 Å². The number of rotatable bonds is 6. The molecule has 3 rings (SSSR count). The average molecular weight is 371 g/mol. The average Bonchev–Trinajstić information content (AvgIpc) is 2.72. The molecule has 142 valence electrons. The van der Waals surface area contributed by atoms with Gasteiger partial charge in [-0.2, -0.15) is 0 Å². The van der Waals surface area contributed by atoms with Crippen molar-refractivity contribution in [3.63, 3.8) is 0 Å². The second kappa shape index (κ2) is 8.64. The molecule has 1 atom stereocenters. The van der Waals surface area contributed by atoms with Crippen LogP contribution in [0.2, 0.25) is 0 Å². The number of benzene rings is 2. The Morgan fingerprint density at radius 2 is 1.70 bits per heavy atom. The second-order valence-corrected chi connectivity index (χ2v) is 6.46. The summed E-state index contributed by atoms with van der Waals surface area (Å²) in [6.07, 6.45) is 0.327. The molecule has 2 amide bonds. The Hall–Kier alpha value is -2.93. The zero-order chi connectivity index (χ0) is 19.2. The molecule has 2 aromatic carbocycles. The van der Waals surface area contributed by atoms with E-state index in [-0.39, 0.29) is 18.1 Å². The zero-order valence-corrected chi connectivity index (χ0v) is 14.9. The quantitative estimate of drug-likeness (QED) is 0.481. The molecule has 2 aromatic rings. The molecular formula is C20H22FN3O3. The number of hydroxylamine groups is 2. The molecule has 0 spiro atoms. The number of hydrogen-bond acceptors (Lipinski definition) is 4. The van der Waals surface area contributed by atoms with Gasteiger partial charge in [0.25, 0.3) is 0 Å². The van der Waals surface area contributed by atoms with Crippen molar-refractivity contribution in [2.75, 3.05) is 31.1 Å². The van der Waals surface area contributed by atoms with Gasteiger partial charge < -0.3 is 9.80 Å². The Balaban J connectivity index is 1.61. The number of halogens is 1. The van der Waals surface area contributed by atoms with Gasteiger partial charge in [0.1, 0.15) is 5.82 Å². The van der Waals surface area contributed by atoms with E-state index in [0.717, 1.165) is 5.69 Å². The van der Waals surface area contributed by atoms with Crippen LogP contribution in [0.4, 0.5) is 10.1 Å². The van der Waals surface area contributed by atoms with E-state index in [0.29, 0.717) is 43.2 Å². The predicted octanol–water partition coefficient (Wildman–Crippen LogP) is 2.45. The molecule has 1 unspecified atom stereocenters. The van der Waals surface area contributed by atoms with Gasteiger partial charge >= 0.3 is 0 Å². The summed E-state index contributed by atoms with van der Waals surface area (Å²) in [5.41, 5.74) is 1.62. The first-order valence-electron chi connectivity index (χ1n) is 8.84. The van der Waals surface area contributed by atoms with Crippen LogP contribution in [0.1, 0.15) is 18.0 Å². The summed E-state index contributed by atoms with van der Waals surface area (Å²) in [4.78, 5) is 27.5. The van der Waals surface area contributed by atoms with Crippen LogP contribution < -0.4 is 4.90 Å². The van der Waals surface area contributed by atoms with E-state index in [1.165, 1.54) is 12.1 Å². The standard InChI is InChI=1S/C20H22FN3O3/c21-17-6-8-18(9-7-17)22-10-12-23(13-11-22)20(26)14-19(24(27)15-25)16-4-2-1-3-5-16/h1-9,15,19,27H,10-14H2. The molecule has 6 nitrogen and oxygen atoms in total. The number of anilines is 1. The number of hydrogen-bond donors (Lipinski definition) is 1. The topological polar surface area (TPSA) is 64.1 Å². The van der Waals surface area contributed by atoms with Gasteiger partial charge in [0, 0.05) is 31.9 Å². The SMILES string of the molecule is O=CN(O)C(CC(=O)N1CCN(c2ccc(F)cc2)CC1)c1ccccc1. The summed E-state index contributed by atoms with van der Waals surface area (Å²) >= 11 is 0. The highest BCUT2D eigenvalue weighted by atomic mass is 19.1. The Morgan fingerprint density at radius 1 is 1.07 bits per heavy atom.